The van der Waals surface area contributed by atoms with Crippen LogP contribution in [0, 0.1) is 11.3 Å². The molecule has 4 heterocycles. The Morgan fingerprint density at radius 2 is 1.58 bits per heavy atom. The zero-order valence-corrected chi connectivity index (χ0v) is 48.6. The number of aromatic nitrogens is 4. The Bertz CT molecular complexity index is 3270. The molecule has 5 amide bonds. The van der Waals surface area contributed by atoms with Crippen molar-refractivity contribution in [2.45, 2.75) is 103 Å². The quantitative estimate of drug-likeness (QED) is 0.0262. The number of amides is 5. The lowest BCUT2D eigenvalue weighted by Gasteiger charge is -2.41. The number of ether oxygens (including phenoxy) is 4. The fourth-order valence-electron chi connectivity index (χ4n) is 10.1. The van der Waals surface area contributed by atoms with Gasteiger partial charge in [-0.05, 0) is 128 Å². The molecule has 3 aromatic carbocycles. The fraction of sp³-hybridized carbons (Fsp3) is 0.452. The highest BCUT2D eigenvalue weighted by Gasteiger charge is 2.43. The van der Waals surface area contributed by atoms with Crippen LogP contribution in [0.1, 0.15) is 115 Å². The molecule has 4 atom stereocenters. The third-order valence-corrected chi connectivity index (χ3v) is 15.2. The van der Waals surface area contributed by atoms with Crippen molar-refractivity contribution in [3.8, 4) is 22.9 Å². The van der Waals surface area contributed by atoms with E-state index in [2.05, 4.69) is 59.1 Å². The summed E-state index contributed by atoms with van der Waals surface area (Å²) in [5.41, 5.74) is 3.75. The van der Waals surface area contributed by atoms with Crippen LogP contribution in [0.25, 0.3) is 17.1 Å². The van der Waals surface area contributed by atoms with Gasteiger partial charge in [0.05, 0.1) is 69.3 Å². The van der Waals surface area contributed by atoms with E-state index in [1.807, 2.05) is 51.1 Å². The number of oxazole rings is 1. The molecule has 1 saturated carbocycles. The minimum Gasteiger partial charge on any atom is -0.491 e. The number of nitrogens with one attached hydrogen (secondary N) is 6. The molecule has 23 heteroatoms. The highest BCUT2D eigenvalue weighted by atomic mass is 19.3. The average Bonchev–Trinajstić information content (AvgIpc) is 2.94. The predicted octanol–water partition coefficient (Wildman–Crippen LogP) is 7.38. The van der Waals surface area contributed by atoms with Crippen LogP contribution in [0.4, 0.5) is 20.3 Å². The van der Waals surface area contributed by atoms with E-state index in [1.54, 1.807) is 49.3 Å². The van der Waals surface area contributed by atoms with Crippen LogP contribution in [0.5, 0.6) is 5.75 Å². The van der Waals surface area contributed by atoms with Gasteiger partial charge in [-0.3, -0.25) is 24.0 Å². The first-order valence-electron chi connectivity index (χ1n) is 28.9. The number of halogens is 2. The molecule has 0 unspecified atom stereocenters. The maximum atomic E-state index is 14.7. The number of fused-ring (bicyclic) bond motifs is 2. The van der Waals surface area contributed by atoms with Crippen molar-refractivity contribution in [2.75, 3.05) is 77.0 Å². The van der Waals surface area contributed by atoms with Crippen LogP contribution in [0.3, 0.4) is 0 Å². The van der Waals surface area contributed by atoms with Crippen molar-refractivity contribution >= 4 is 41.0 Å². The van der Waals surface area contributed by atoms with E-state index in [0.717, 1.165) is 48.8 Å². The molecular weight excluding hydrogens is 1100 g/mol. The minimum absolute atomic E-state index is 0.115. The molecule has 1 fully saturated rings. The maximum Gasteiger partial charge on any atom is 0.284 e. The van der Waals surface area contributed by atoms with Gasteiger partial charge in [-0.25, -0.2) is 23.4 Å². The summed E-state index contributed by atoms with van der Waals surface area (Å²) in [6.07, 6.45) is 6.37. The Hall–Kier alpha value is -8.12. The first-order valence-corrected chi connectivity index (χ1v) is 28.9. The number of anilines is 2. The number of alkyl halides is 2. The van der Waals surface area contributed by atoms with Crippen molar-refractivity contribution in [3.63, 3.8) is 0 Å². The lowest BCUT2D eigenvalue weighted by molar-refractivity contribution is -0.147. The van der Waals surface area contributed by atoms with Crippen molar-refractivity contribution in [3.05, 3.63) is 137 Å². The van der Waals surface area contributed by atoms with E-state index in [1.165, 1.54) is 41.4 Å². The molecule has 0 radical (unpaired) electrons. The second-order valence-corrected chi connectivity index (χ2v) is 22.5. The Morgan fingerprint density at radius 1 is 0.835 bits per heavy atom. The molecule has 1 aliphatic heterocycles. The molecule has 452 valence electrons. The van der Waals surface area contributed by atoms with Gasteiger partial charge in [0, 0.05) is 43.4 Å². The van der Waals surface area contributed by atoms with Crippen LogP contribution in [0.15, 0.2) is 102 Å². The Morgan fingerprint density at radius 3 is 2.31 bits per heavy atom. The predicted molar refractivity (Wildman–Crippen MR) is 312 cm³/mol. The van der Waals surface area contributed by atoms with E-state index in [4.69, 9.17) is 23.4 Å². The van der Waals surface area contributed by atoms with Gasteiger partial charge in [0.25, 0.3) is 18.2 Å². The lowest BCUT2D eigenvalue weighted by atomic mass is 9.83. The summed E-state index contributed by atoms with van der Waals surface area (Å²) < 4.78 is 58.1. The van der Waals surface area contributed by atoms with Gasteiger partial charge in [0.1, 0.15) is 36.5 Å². The average molecular weight is 1170 g/mol. The normalized spacial score (nSPS) is 16.4. The van der Waals surface area contributed by atoms with Gasteiger partial charge in [-0.15, -0.1) is 0 Å². The summed E-state index contributed by atoms with van der Waals surface area (Å²) in [6.45, 7) is 10.6. The molecule has 6 N–H and O–H groups in total. The number of likely N-dealkylation sites (N-methyl/N-ethyl adjacent to an activating group) is 1. The van der Waals surface area contributed by atoms with E-state index >= 15 is 0 Å². The van der Waals surface area contributed by atoms with Crippen LogP contribution in [-0.2, 0) is 48.0 Å². The summed E-state index contributed by atoms with van der Waals surface area (Å²) in [6, 6.07) is 21.0. The molecule has 0 saturated heterocycles. The third-order valence-electron chi connectivity index (χ3n) is 15.2. The first kappa shape index (κ1) is 61.4. The summed E-state index contributed by atoms with van der Waals surface area (Å²) in [5, 5.41) is 21.7. The molecule has 3 aromatic heterocycles. The number of pyridine rings is 1. The van der Waals surface area contributed by atoms with Gasteiger partial charge in [0.2, 0.25) is 23.6 Å². The molecular formula is C62H75F2N11O10. The summed E-state index contributed by atoms with van der Waals surface area (Å²) in [4.78, 5) is 78.5. The maximum absolute atomic E-state index is 14.7. The van der Waals surface area contributed by atoms with Gasteiger partial charge >= 0.3 is 0 Å². The van der Waals surface area contributed by atoms with Gasteiger partial charge < -0.3 is 60.2 Å². The first-order chi connectivity index (χ1) is 41.0. The number of hydrogen-bond acceptors (Lipinski definition) is 15. The molecule has 9 rings (SSSR count). The number of carbonyl (C=O) groups excluding carboxylic acids is 5. The Labute approximate surface area is 492 Å². The van der Waals surface area contributed by atoms with Crippen LogP contribution in [0.2, 0.25) is 0 Å². The number of benzene rings is 3. The monoisotopic (exact) mass is 1170 g/mol. The van der Waals surface area contributed by atoms with E-state index in [-0.39, 0.29) is 86.5 Å². The second kappa shape index (κ2) is 28.6. The fourth-order valence-corrected chi connectivity index (χ4v) is 10.1. The number of aryl methyl sites for hydroxylation is 1. The summed E-state index contributed by atoms with van der Waals surface area (Å²) in [7, 11) is 1.68. The standard InChI is InChI=1S/C62H75F2N11O10/c1-38(65-5)56(76)72-54(62(2,3)4)61(80)74-35-44-31-46(20-17-42(44)32-51(74)59(79)69-48-12-8-10-40-9-6-7-11-47(40)48)84-30-29-83-28-27-82-26-25-81-24-23-67-57(77)41-15-18-45(19-16-41)75-36-49(53(73-75)55(63)64)70-58(78)50-37-85-60(71-50)43-21-22-66-52(33-43)68-34-39-13-14-39/h6-7,9,11,15-22,31,33,36-39,48,51,54-55,65H,8,10,12-14,23-30,32,34-35H2,1-5H3,(H,66,68)(H,67,77)(H,69,79)(H,70,78)(H,72,76)/t38-,48+,51-,54+/m0/s1. The zero-order valence-electron chi connectivity index (χ0n) is 48.6. The number of rotatable bonds is 28. The van der Waals surface area contributed by atoms with Crippen molar-refractivity contribution in [1.29, 1.82) is 0 Å². The summed E-state index contributed by atoms with van der Waals surface area (Å²) >= 11 is 0. The zero-order chi connectivity index (χ0) is 60.0. The molecule has 0 spiro atoms. The minimum atomic E-state index is -3.01. The molecule has 0 bridgehead atoms. The smallest absolute Gasteiger partial charge is 0.284 e. The van der Waals surface area contributed by atoms with Crippen LogP contribution >= 0.6 is 0 Å². The molecule has 3 aliphatic rings. The molecule has 85 heavy (non-hydrogen) atoms. The second-order valence-electron chi connectivity index (χ2n) is 22.5. The van der Waals surface area contributed by atoms with E-state index in [9.17, 15) is 32.8 Å². The Balaban J connectivity index is 0.670. The molecule has 6 aromatic rings. The van der Waals surface area contributed by atoms with Gasteiger partial charge in [-0.1, -0.05) is 51.1 Å². The highest BCUT2D eigenvalue weighted by molar-refractivity contribution is 6.03. The van der Waals surface area contributed by atoms with Crippen LogP contribution < -0.4 is 36.6 Å². The highest BCUT2D eigenvalue weighted by Crippen LogP contribution is 2.35. The van der Waals surface area contributed by atoms with Crippen molar-refractivity contribution in [1.82, 2.24) is 45.9 Å². The SMILES string of the molecule is CN[C@@H](C)C(=O)N[C@H](C(=O)N1Cc2cc(OCCOCCOCCOCCNC(=O)c3ccc(-n4cc(NC(=O)c5coc(-c6ccnc(NCC7CC7)c6)n5)c(C(F)F)n4)cc3)ccc2C[C@H]1C(=O)N[C@@H]1CCCc2ccccc21)C(C)(C)C. The van der Waals surface area contributed by atoms with E-state index in [0.29, 0.717) is 60.5 Å². The number of carbonyl (C=O) groups is 5. The number of hydrogen-bond donors (Lipinski definition) is 6. The number of nitrogens with zero attached hydrogens (tertiary/aromatic N) is 5. The molecule has 2 aliphatic carbocycles. The van der Waals surface area contributed by atoms with Gasteiger partial charge in [-0.2, -0.15) is 5.10 Å². The third kappa shape index (κ3) is 16.4. The Kier molecular flexibility index (Phi) is 20.7. The molecule has 21 nitrogen and oxygen atoms in total. The topological polar surface area (TPSA) is 254 Å². The van der Waals surface area contributed by atoms with Gasteiger partial charge in [0.15, 0.2) is 11.4 Å². The van der Waals surface area contributed by atoms with Crippen molar-refractivity contribution in [2.24, 2.45) is 11.3 Å². The largest absolute Gasteiger partial charge is 0.491 e. The van der Waals surface area contributed by atoms with E-state index < -0.39 is 41.6 Å². The van der Waals surface area contributed by atoms with Crippen molar-refractivity contribution < 1.29 is 56.1 Å². The summed E-state index contributed by atoms with van der Waals surface area (Å²) in [5.74, 6) is 0.0314. The van der Waals surface area contributed by atoms with Crippen LogP contribution in [-0.4, -0.2) is 139 Å². The lowest BCUT2D eigenvalue weighted by Crippen LogP contribution is -2.62.